The zero-order valence-corrected chi connectivity index (χ0v) is 23.0. The number of nitrogens with zero attached hydrogens (tertiary/aromatic N) is 2. The number of ether oxygens (including phenoxy) is 1. The van der Waals surface area contributed by atoms with E-state index in [9.17, 15) is 9.59 Å². The molecule has 2 heterocycles. The van der Waals surface area contributed by atoms with Gasteiger partial charge < -0.3 is 19.6 Å². The molecule has 0 fully saturated rings. The molecule has 0 saturated heterocycles. The fraction of sp³-hybridized carbons (Fsp3) is 0.273. The molecule has 0 bridgehead atoms. The van der Waals surface area contributed by atoms with Crippen molar-refractivity contribution < 1.29 is 23.8 Å². The molecule has 2 N–H and O–H groups in total. The number of benzene rings is 2. The van der Waals surface area contributed by atoms with Crippen molar-refractivity contribution in [3.8, 4) is 17.2 Å². The van der Waals surface area contributed by atoms with Crippen LogP contribution in [0.15, 0.2) is 95.9 Å². The fourth-order valence-electron chi connectivity index (χ4n) is 4.30. The molecular formula is C33H35N3O5. The predicted octanol–water partition coefficient (Wildman–Crippen LogP) is 6.79. The number of carboxylic acid groups (broad SMARTS) is 1. The Balaban J connectivity index is 1.27. The molecule has 0 saturated carbocycles. The first-order chi connectivity index (χ1) is 20.1. The Morgan fingerprint density at radius 1 is 0.902 bits per heavy atom. The standard InChI is InChI=1S/C33H35N3O5/c37-31(38)15-7-2-6-14-29(27-11-10-20-34-23-27)25-16-18-26(19-17-25)33-36-30(24-41-33)32(39)35-21-8-3-9-22-40-28-12-4-1-5-13-28/h1,4-5,10-14,16-20,23-24H,2-3,6-9,15,21-22H2,(H,35,39)(H,37,38). The van der Waals surface area contributed by atoms with E-state index in [1.54, 1.807) is 6.20 Å². The van der Waals surface area contributed by atoms with E-state index in [0.29, 0.717) is 25.5 Å². The molecule has 1 amide bonds. The van der Waals surface area contributed by atoms with Crippen LogP contribution in [0.4, 0.5) is 0 Å². The number of rotatable bonds is 16. The summed E-state index contributed by atoms with van der Waals surface area (Å²) in [7, 11) is 0. The number of nitrogens with one attached hydrogen (secondary N) is 1. The number of carboxylic acids is 1. The van der Waals surface area contributed by atoms with Gasteiger partial charge in [0.05, 0.1) is 6.61 Å². The lowest BCUT2D eigenvalue weighted by Crippen LogP contribution is -2.24. The van der Waals surface area contributed by atoms with Crippen LogP contribution in [0.5, 0.6) is 5.75 Å². The summed E-state index contributed by atoms with van der Waals surface area (Å²) in [6, 6.07) is 21.4. The highest BCUT2D eigenvalue weighted by Crippen LogP contribution is 2.27. The van der Waals surface area contributed by atoms with Gasteiger partial charge in [0.25, 0.3) is 5.91 Å². The maximum Gasteiger partial charge on any atom is 0.303 e. The number of amides is 1. The van der Waals surface area contributed by atoms with Gasteiger partial charge in [-0.25, -0.2) is 4.98 Å². The van der Waals surface area contributed by atoms with Crippen molar-refractivity contribution in [3.63, 3.8) is 0 Å². The zero-order valence-electron chi connectivity index (χ0n) is 23.0. The number of unbranched alkanes of at least 4 members (excludes halogenated alkanes) is 4. The van der Waals surface area contributed by atoms with Gasteiger partial charge in [-0.05, 0) is 80.0 Å². The molecule has 212 valence electrons. The number of carbonyl (C=O) groups is 2. The van der Waals surface area contributed by atoms with Crippen LogP contribution in [0, 0.1) is 0 Å². The molecule has 41 heavy (non-hydrogen) atoms. The summed E-state index contributed by atoms with van der Waals surface area (Å²) in [4.78, 5) is 32.0. The highest BCUT2D eigenvalue weighted by Gasteiger charge is 2.14. The third-order valence-electron chi connectivity index (χ3n) is 6.46. The molecular weight excluding hydrogens is 518 g/mol. The molecule has 4 rings (SSSR count). The zero-order chi connectivity index (χ0) is 28.7. The number of hydrogen-bond acceptors (Lipinski definition) is 6. The molecule has 2 aromatic heterocycles. The Kier molecular flexibility index (Phi) is 11.3. The van der Waals surface area contributed by atoms with Gasteiger partial charge >= 0.3 is 5.97 Å². The smallest absolute Gasteiger partial charge is 0.303 e. The summed E-state index contributed by atoms with van der Waals surface area (Å²) < 4.78 is 11.3. The first-order valence-corrected chi connectivity index (χ1v) is 13.9. The van der Waals surface area contributed by atoms with Crippen LogP contribution >= 0.6 is 0 Å². The summed E-state index contributed by atoms with van der Waals surface area (Å²) in [5, 5.41) is 11.8. The summed E-state index contributed by atoms with van der Waals surface area (Å²) in [6.45, 7) is 1.20. The van der Waals surface area contributed by atoms with Gasteiger partial charge in [0.2, 0.25) is 5.89 Å². The maximum absolute atomic E-state index is 12.5. The van der Waals surface area contributed by atoms with Gasteiger partial charge in [-0.3, -0.25) is 14.6 Å². The minimum absolute atomic E-state index is 0.172. The highest BCUT2D eigenvalue weighted by atomic mass is 16.5. The molecule has 0 aliphatic heterocycles. The number of oxazole rings is 1. The third-order valence-corrected chi connectivity index (χ3v) is 6.46. The van der Waals surface area contributed by atoms with Crippen molar-refractivity contribution in [2.45, 2.75) is 44.9 Å². The second kappa shape index (κ2) is 15.8. The van der Waals surface area contributed by atoms with E-state index in [0.717, 1.165) is 60.1 Å². The molecule has 0 aliphatic rings. The van der Waals surface area contributed by atoms with E-state index in [-0.39, 0.29) is 18.0 Å². The van der Waals surface area contributed by atoms with Gasteiger partial charge in [0.1, 0.15) is 12.0 Å². The minimum atomic E-state index is -0.773. The third kappa shape index (κ3) is 9.46. The first-order valence-electron chi connectivity index (χ1n) is 13.9. The SMILES string of the molecule is O=C(O)CCCCC=C(c1ccc(-c2nc(C(=O)NCCCCCOc3ccccc3)co2)cc1)c1cccnc1. The van der Waals surface area contributed by atoms with Gasteiger partial charge in [0.15, 0.2) is 5.69 Å². The normalized spacial score (nSPS) is 11.3. The Hall–Kier alpha value is -4.72. The van der Waals surface area contributed by atoms with E-state index in [1.807, 2.05) is 72.9 Å². The summed E-state index contributed by atoms with van der Waals surface area (Å²) >= 11 is 0. The van der Waals surface area contributed by atoms with E-state index >= 15 is 0 Å². The van der Waals surface area contributed by atoms with Crippen molar-refractivity contribution in [2.24, 2.45) is 0 Å². The minimum Gasteiger partial charge on any atom is -0.494 e. The van der Waals surface area contributed by atoms with Crippen molar-refractivity contribution in [1.29, 1.82) is 0 Å². The maximum atomic E-state index is 12.5. The van der Waals surface area contributed by atoms with Gasteiger partial charge in [-0.1, -0.05) is 42.5 Å². The summed E-state index contributed by atoms with van der Waals surface area (Å²) in [5.41, 5.74) is 4.02. The quantitative estimate of drug-likeness (QED) is 0.147. The lowest BCUT2D eigenvalue weighted by Gasteiger charge is -2.09. The number of allylic oxidation sites excluding steroid dienone is 1. The largest absolute Gasteiger partial charge is 0.494 e. The Morgan fingerprint density at radius 3 is 2.49 bits per heavy atom. The number of para-hydroxylation sites is 1. The molecule has 0 radical (unpaired) electrons. The van der Waals surface area contributed by atoms with Crippen molar-refractivity contribution in [2.75, 3.05) is 13.2 Å². The lowest BCUT2D eigenvalue weighted by molar-refractivity contribution is -0.137. The number of aromatic nitrogens is 2. The molecule has 8 nitrogen and oxygen atoms in total. The number of aliphatic carboxylic acids is 1. The second-order valence-corrected chi connectivity index (χ2v) is 9.59. The Bertz CT molecular complexity index is 1400. The average molecular weight is 554 g/mol. The van der Waals surface area contributed by atoms with Crippen molar-refractivity contribution in [1.82, 2.24) is 15.3 Å². The van der Waals surface area contributed by atoms with Crippen LogP contribution in [0.3, 0.4) is 0 Å². The van der Waals surface area contributed by atoms with Crippen LogP contribution in [0.25, 0.3) is 17.0 Å². The summed E-state index contributed by atoms with van der Waals surface area (Å²) in [5.74, 6) is 0.208. The van der Waals surface area contributed by atoms with E-state index in [4.69, 9.17) is 14.3 Å². The molecule has 0 unspecified atom stereocenters. The molecule has 4 aromatic rings. The topological polar surface area (TPSA) is 115 Å². The van der Waals surface area contributed by atoms with Crippen LogP contribution in [0.1, 0.15) is 66.6 Å². The highest BCUT2D eigenvalue weighted by molar-refractivity contribution is 5.92. The van der Waals surface area contributed by atoms with Crippen LogP contribution in [0.2, 0.25) is 0 Å². The molecule has 0 aliphatic carbocycles. The van der Waals surface area contributed by atoms with Gasteiger partial charge in [0, 0.05) is 36.5 Å². The summed E-state index contributed by atoms with van der Waals surface area (Å²) in [6.07, 6.45) is 12.1. The first kappa shape index (κ1) is 29.3. The van der Waals surface area contributed by atoms with Gasteiger partial charge in [-0.2, -0.15) is 0 Å². The van der Waals surface area contributed by atoms with Crippen LogP contribution in [-0.4, -0.2) is 40.1 Å². The predicted molar refractivity (Wildman–Crippen MR) is 157 cm³/mol. The number of hydrogen-bond donors (Lipinski definition) is 2. The van der Waals surface area contributed by atoms with Crippen LogP contribution < -0.4 is 10.1 Å². The Labute approximate surface area is 240 Å². The van der Waals surface area contributed by atoms with E-state index < -0.39 is 5.97 Å². The van der Waals surface area contributed by atoms with Crippen molar-refractivity contribution >= 4 is 17.4 Å². The fourth-order valence-corrected chi connectivity index (χ4v) is 4.30. The number of pyridine rings is 1. The van der Waals surface area contributed by atoms with E-state index in [1.165, 1.54) is 6.26 Å². The van der Waals surface area contributed by atoms with Gasteiger partial charge in [-0.15, -0.1) is 0 Å². The number of carbonyl (C=O) groups excluding carboxylic acids is 1. The average Bonchev–Trinajstić information content (AvgIpc) is 3.50. The van der Waals surface area contributed by atoms with Crippen LogP contribution in [-0.2, 0) is 4.79 Å². The molecule has 0 spiro atoms. The molecule has 0 atom stereocenters. The van der Waals surface area contributed by atoms with Crippen molar-refractivity contribution in [3.05, 3.63) is 108 Å². The monoisotopic (exact) mass is 553 g/mol. The van der Waals surface area contributed by atoms with E-state index in [2.05, 4.69) is 21.4 Å². The lowest BCUT2D eigenvalue weighted by atomic mass is 9.96. The second-order valence-electron chi connectivity index (χ2n) is 9.59. The molecule has 2 aromatic carbocycles. The molecule has 8 heteroatoms. The Morgan fingerprint density at radius 2 is 1.73 bits per heavy atom.